The van der Waals surface area contributed by atoms with Crippen LogP contribution in [0.4, 0.5) is 0 Å². The number of hydrogen-bond donors (Lipinski definition) is 0. The van der Waals surface area contributed by atoms with Crippen LogP contribution >= 0.6 is 0 Å². The SMILES string of the molecule is C=C.CC/C=C\CC. The van der Waals surface area contributed by atoms with Gasteiger partial charge in [0.25, 0.3) is 0 Å². The monoisotopic (exact) mass is 112 g/mol. The van der Waals surface area contributed by atoms with Gasteiger partial charge in [-0.25, -0.2) is 0 Å². The number of hydrogen-bond acceptors (Lipinski definition) is 0. The summed E-state index contributed by atoms with van der Waals surface area (Å²) in [5.41, 5.74) is 0. The quantitative estimate of drug-likeness (QED) is 0.481. The van der Waals surface area contributed by atoms with Crippen LogP contribution in [0.15, 0.2) is 25.3 Å². The topological polar surface area (TPSA) is 0 Å². The van der Waals surface area contributed by atoms with Crippen LogP contribution in [0.25, 0.3) is 0 Å². The van der Waals surface area contributed by atoms with Crippen LogP contribution in [0.3, 0.4) is 0 Å². The molecule has 48 valence electrons. The number of allylic oxidation sites excluding steroid dienone is 2. The molecule has 0 saturated heterocycles. The smallest absolute Gasteiger partial charge is 0.0379 e. The van der Waals surface area contributed by atoms with Gasteiger partial charge in [-0.05, 0) is 12.8 Å². The van der Waals surface area contributed by atoms with Gasteiger partial charge in [-0.15, -0.1) is 13.2 Å². The van der Waals surface area contributed by atoms with E-state index in [1.807, 2.05) is 0 Å². The maximum Gasteiger partial charge on any atom is -0.0379 e. The van der Waals surface area contributed by atoms with Crippen molar-refractivity contribution in [2.24, 2.45) is 0 Å². The number of rotatable bonds is 2. The Hall–Kier alpha value is -0.520. The van der Waals surface area contributed by atoms with E-state index in [1.54, 1.807) is 0 Å². The van der Waals surface area contributed by atoms with Crippen LogP contribution in [0, 0.1) is 0 Å². The molecule has 0 spiro atoms. The maximum absolute atomic E-state index is 3.00. The minimum absolute atomic E-state index is 1.17. The van der Waals surface area contributed by atoms with E-state index in [0.717, 1.165) is 0 Å². The average Bonchev–Trinajstić information content (AvgIpc) is 1.88. The van der Waals surface area contributed by atoms with E-state index in [-0.39, 0.29) is 0 Å². The molecular weight excluding hydrogens is 96.1 g/mol. The lowest BCUT2D eigenvalue weighted by molar-refractivity contribution is 1.16. The van der Waals surface area contributed by atoms with Crippen molar-refractivity contribution in [2.45, 2.75) is 26.7 Å². The van der Waals surface area contributed by atoms with Gasteiger partial charge in [0.05, 0.1) is 0 Å². The Balaban J connectivity index is 0. The van der Waals surface area contributed by atoms with E-state index in [9.17, 15) is 0 Å². The standard InChI is InChI=1S/C6H12.C2H4/c1-3-5-6-4-2;1-2/h5-6H,3-4H2,1-2H3;1-2H2/b6-5-;. The molecule has 0 amide bonds. The fraction of sp³-hybridized carbons (Fsp3) is 0.500. The van der Waals surface area contributed by atoms with Crippen LogP contribution in [0.5, 0.6) is 0 Å². The van der Waals surface area contributed by atoms with Crippen LogP contribution in [0.1, 0.15) is 26.7 Å². The molecule has 0 aliphatic carbocycles. The molecule has 0 rings (SSSR count). The molecule has 0 aromatic rings. The second kappa shape index (κ2) is 16.1. The van der Waals surface area contributed by atoms with Crippen molar-refractivity contribution in [3.63, 3.8) is 0 Å². The molecule has 0 saturated carbocycles. The summed E-state index contributed by atoms with van der Waals surface area (Å²) in [4.78, 5) is 0. The molecular formula is C8H16. The van der Waals surface area contributed by atoms with Gasteiger partial charge in [0, 0.05) is 0 Å². The molecule has 0 heterocycles. The van der Waals surface area contributed by atoms with Gasteiger partial charge >= 0.3 is 0 Å². The maximum atomic E-state index is 3.00. The molecule has 0 N–H and O–H groups in total. The van der Waals surface area contributed by atoms with E-state index < -0.39 is 0 Å². The first-order valence-electron chi connectivity index (χ1n) is 3.06. The summed E-state index contributed by atoms with van der Waals surface area (Å²) in [5.74, 6) is 0. The van der Waals surface area contributed by atoms with Gasteiger partial charge in [-0.1, -0.05) is 26.0 Å². The molecule has 0 aliphatic heterocycles. The Labute approximate surface area is 52.9 Å². The lowest BCUT2D eigenvalue weighted by atomic mass is 10.4. The minimum atomic E-state index is 1.17. The third-order valence-electron chi connectivity index (χ3n) is 0.638. The zero-order chi connectivity index (χ0) is 6.83. The lowest BCUT2D eigenvalue weighted by Gasteiger charge is -1.72. The summed E-state index contributed by atoms with van der Waals surface area (Å²) >= 11 is 0. The normalized spacial score (nSPS) is 8.25. The first-order chi connectivity index (χ1) is 3.91. The zero-order valence-electron chi connectivity index (χ0n) is 5.98. The van der Waals surface area contributed by atoms with Crippen molar-refractivity contribution < 1.29 is 0 Å². The molecule has 0 heteroatoms. The molecule has 0 fully saturated rings. The van der Waals surface area contributed by atoms with Gasteiger partial charge < -0.3 is 0 Å². The summed E-state index contributed by atoms with van der Waals surface area (Å²) in [6, 6.07) is 0. The highest BCUT2D eigenvalue weighted by atomic mass is 13.7. The Morgan fingerprint density at radius 3 is 1.38 bits per heavy atom. The van der Waals surface area contributed by atoms with Crippen molar-refractivity contribution in [3.8, 4) is 0 Å². The third kappa shape index (κ3) is 17.9. The summed E-state index contributed by atoms with van der Waals surface area (Å²) in [5, 5.41) is 0. The van der Waals surface area contributed by atoms with E-state index in [4.69, 9.17) is 0 Å². The van der Waals surface area contributed by atoms with Crippen molar-refractivity contribution in [3.05, 3.63) is 25.3 Å². The second-order valence-corrected chi connectivity index (χ2v) is 1.29. The Morgan fingerprint density at radius 1 is 1.00 bits per heavy atom. The highest BCUT2D eigenvalue weighted by molar-refractivity contribution is 4.77. The van der Waals surface area contributed by atoms with E-state index in [2.05, 4.69) is 39.2 Å². The molecule has 0 unspecified atom stereocenters. The fourth-order valence-electron chi connectivity index (χ4n) is 0.333. The van der Waals surface area contributed by atoms with Crippen LogP contribution in [-0.4, -0.2) is 0 Å². The zero-order valence-corrected chi connectivity index (χ0v) is 5.98. The predicted molar refractivity (Wildman–Crippen MR) is 41.0 cm³/mol. The minimum Gasteiger partial charge on any atom is -0.106 e. The van der Waals surface area contributed by atoms with Crippen LogP contribution in [0.2, 0.25) is 0 Å². The molecule has 0 atom stereocenters. The highest BCUT2D eigenvalue weighted by Gasteiger charge is 1.60. The van der Waals surface area contributed by atoms with Gasteiger partial charge in [-0.3, -0.25) is 0 Å². The second-order valence-electron chi connectivity index (χ2n) is 1.29. The fourth-order valence-corrected chi connectivity index (χ4v) is 0.333. The van der Waals surface area contributed by atoms with Gasteiger partial charge in [0.15, 0.2) is 0 Å². The molecule has 0 aromatic heterocycles. The Morgan fingerprint density at radius 2 is 1.25 bits per heavy atom. The molecule has 0 aromatic carbocycles. The largest absolute Gasteiger partial charge is 0.106 e. The molecule has 0 radical (unpaired) electrons. The van der Waals surface area contributed by atoms with E-state index in [0.29, 0.717) is 0 Å². The summed E-state index contributed by atoms with van der Waals surface area (Å²) in [6.45, 7) is 10.3. The lowest BCUT2D eigenvalue weighted by Crippen LogP contribution is -1.51. The van der Waals surface area contributed by atoms with E-state index >= 15 is 0 Å². The Bertz CT molecular complexity index is 38.0. The van der Waals surface area contributed by atoms with Crippen LogP contribution < -0.4 is 0 Å². The Kier molecular flexibility index (Phi) is 21.0. The van der Waals surface area contributed by atoms with Crippen LogP contribution in [-0.2, 0) is 0 Å². The summed E-state index contributed by atoms with van der Waals surface area (Å²) in [6.07, 6.45) is 6.71. The molecule has 0 nitrogen and oxygen atoms in total. The first kappa shape index (κ1) is 10.5. The molecule has 0 bridgehead atoms. The van der Waals surface area contributed by atoms with Crippen molar-refractivity contribution in [1.29, 1.82) is 0 Å². The van der Waals surface area contributed by atoms with Crippen molar-refractivity contribution >= 4 is 0 Å². The summed E-state index contributed by atoms with van der Waals surface area (Å²) < 4.78 is 0. The van der Waals surface area contributed by atoms with Gasteiger partial charge in [-0.2, -0.15) is 0 Å². The molecule has 0 aliphatic rings. The average molecular weight is 112 g/mol. The summed E-state index contributed by atoms with van der Waals surface area (Å²) in [7, 11) is 0. The van der Waals surface area contributed by atoms with Crippen molar-refractivity contribution in [1.82, 2.24) is 0 Å². The van der Waals surface area contributed by atoms with Gasteiger partial charge in [0.1, 0.15) is 0 Å². The third-order valence-corrected chi connectivity index (χ3v) is 0.638. The van der Waals surface area contributed by atoms with Crippen molar-refractivity contribution in [2.75, 3.05) is 0 Å². The van der Waals surface area contributed by atoms with Gasteiger partial charge in [0.2, 0.25) is 0 Å². The highest BCUT2D eigenvalue weighted by Crippen LogP contribution is 1.81. The molecule has 8 heavy (non-hydrogen) atoms. The predicted octanol–water partition coefficient (Wildman–Crippen LogP) is 3.16. The first-order valence-corrected chi connectivity index (χ1v) is 3.06. The van der Waals surface area contributed by atoms with E-state index in [1.165, 1.54) is 12.8 Å².